The van der Waals surface area contributed by atoms with Crippen molar-refractivity contribution in [2.75, 3.05) is 19.0 Å². The van der Waals surface area contributed by atoms with Gasteiger partial charge < -0.3 is 10.1 Å². The lowest BCUT2D eigenvalue weighted by Gasteiger charge is -2.10. The van der Waals surface area contributed by atoms with E-state index in [2.05, 4.69) is 5.32 Å². The van der Waals surface area contributed by atoms with E-state index in [9.17, 15) is 9.18 Å². The number of ketones is 1. The van der Waals surface area contributed by atoms with Gasteiger partial charge >= 0.3 is 0 Å². The van der Waals surface area contributed by atoms with Crippen LogP contribution < -0.4 is 10.1 Å². The molecule has 1 atom stereocenters. The summed E-state index contributed by atoms with van der Waals surface area (Å²) in [7, 11) is 1.40. The number of fused-ring (bicyclic) bond motifs is 1. The summed E-state index contributed by atoms with van der Waals surface area (Å²) in [6.45, 7) is 0.740. The molecule has 0 aromatic heterocycles. The van der Waals surface area contributed by atoms with Crippen molar-refractivity contribution in [1.29, 1.82) is 0 Å². The molecule has 0 aliphatic carbocycles. The Bertz CT molecular complexity index is 684. The quantitative estimate of drug-likeness (QED) is 0.872. The molecule has 108 valence electrons. The Balaban J connectivity index is 1.77. The van der Waals surface area contributed by atoms with Crippen molar-refractivity contribution in [2.24, 2.45) is 0 Å². The van der Waals surface area contributed by atoms with Crippen LogP contribution in [0.25, 0.3) is 0 Å². The zero-order chi connectivity index (χ0) is 14.8. The number of benzene rings is 2. The number of rotatable bonds is 4. The molecule has 0 radical (unpaired) electrons. The third-order valence-corrected chi connectivity index (χ3v) is 3.85. The van der Waals surface area contributed by atoms with Crippen LogP contribution in [0.5, 0.6) is 5.75 Å². The molecule has 1 N–H and O–H groups in total. The van der Waals surface area contributed by atoms with Crippen LogP contribution in [0.15, 0.2) is 42.5 Å². The lowest BCUT2D eigenvalue weighted by molar-refractivity contribution is 0.0975. The van der Waals surface area contributed by atoms with Gasteiger partial charge in [-0.15, -0.1) is 0 Å². The zero-order valence-electron chi connectivity index (χ0n) is 11.7. The molecule has 1 heterocycles. The number of hydrogen-bond donors (Lipinski definition) is 1. The lowest BCUT2D eigenvalue weighted by atomic mass is 9.93. The second-order valence-corrected chi connectivity index (χ2v) is 5.14. The molecule has 0 saturated heterocycles. The molecule has 0 fully saturated rings. The first-order valence-corrected chi connectivity index (χ1v) is 6.88. The average Bonchev–Trinajstić information content (AvgIpc) is 2.90. The number of ether oxygens (including phenoxy) is 1. The number of methoxy groups -OCH3 is 1. The summed E-state index contributed by atoms with van der Waals surface area (Å²) in [5.74, 6) is -0.272. The van der Waals surface area contributed by atoms with Gasteiger partial charge in [-0.25, -0.2) is 4.39 Å². The van der Waals surface area contributed by atoms with E-state index in [4.69, 9.17) is 4.74 Å². The SMILES string of the molecule is COc1ccc(C(=O)CC2CNc3ccccc32)cc1F. The standard InChI is InChI=1S/C17H16FNO2/c1-21-17-7-6-11(8-14(17)18)16(20)9-12-10-19-15-5-3-2-4-13(12)15/h2-8,12,19H,9-10H2,1H3. The fourth-order valence-corrected chi connectivity index (χ4v) is 2.72. The van der Waals surface area contributed by atoms with Gasteiger partial charge in [0.05, 0.1) is 7.11 Å². The van der Waals surface area contributed by atoms with Crippen LogP contribution in [0.4, 0.5) is 10.1 Å². The molecule has 2 aromatic rings. The van der Waals surface area contributed by atoms with Crippen molar-refractivity contribution in [2.45, 2.75) is 12.3 Å². The van der Waals surface area contributed by atoms with Crippen LogP contribution in [0.2, 0.25) is 0 Å². The fourth-order valence-electron chi connectivity index (χ4n) is 2.72. The molecule has 3 rings (SSSR count). The fraction of sp³-hybridized carbons (Fsp3) is 0.235. The maximum absolute atomic E-state index is 13.7. The van der Waals surface area contributed by atoms with Gasteiger partial charge in [-0.3, -0.25) is 4.79 Å². The number of carbonyl (C=O) groups excluding carboxylic acids is 1. The predicted octanol–water partition coefficient (Wildman–Crippen LogP) is 3.62. The van der Waals surface area contributed by atoms with Crippen LogP contribution >= 0.6 is 0 Å². The van der Waals surface area contributed by atoms with E-state index in [0.717, 1.165) is 17.8 Å². The molecule has 3 nitrogen and oxygen atoms in total. The molecule has 0 spiro atoms. The van der Waals surface area contributed by atoms with Gasteiger partial charge in [0.15, 0.2) is 17.3 Å². The monoisotopic (exact) mass is 285 g/mol. The second-order valence-electron chi connectivity index (χ2n) is 5.14. The maximum Gasteiger partial charge on any atom is 0.165 e. The van der Waals surface area contributed by atoms with Gasteiger partial charge in [-0.2, -0.15) is 0 Å². The highest BCUT2D eigenvalue weighted by Crippen LogP contribution is 2.34. The minimum atomic E-state index is -0.506. The zero-order valence-corrected chi connectivity index (χ0v) is 11.7. The number of Topliss-reactive ketones (excluding diaryl/α,β-unsaturated/α-hetero) is 1. The number of nitrogens with one attached hydrogen (secondary N) is 1. The van der Waals surface area contributed by atoms with Crippen molar-refractivity contribution in [1.82, 2.24) is 0 Å². The second kappa shape index (κ2) is 5.56. The van der Waals surface area contributed by atoms with E-state index < -0.39 is 5.82 Å². The molecule has 0 saturated carbocycles. The summed E-state index contributed by atoms with van der Waals surface area (Å²) in [6, 6.07) is 12.3. The van der Waals surface area contributed by atoms with Crippen LogP contribution in [0, 0.1) is 5.82 Å². The maximum atomic E-state index is 13.7. The largest absolute Gasteiger partial charge is 0.494 e. The molecule has 21 heavy (non-hydrogen) atoms. The smallest absolute Gasteiger partial charge is 0.165 e. The van der Waals surface area contributed by atoms with E-state index in [0.29, 0.717) is 12.0 Å². The van der Waals surface area contributed by atoms with Crippen LogP contribution in [-0.4, -0.2) is 19.4 Å². The number of para-hydroxylation sites is 1. The van der Waals surface area contributed by atoms with Crippen LogP contribution in [0.3, 0.4) is 0 Å². The molecule has 1 aliphatic heterocycles. The number of carbonyl (C=O) groups is 1. The Kier molecular flexibility index (Phi) is 3.60. The van der Waals surface area contributed by atoms with E-state index >= 15 is 0 Å². The molecule has 0 amide bonds. The Morgan fingerprint density at radius 1 is 1.33 bits per heavy atom. The third-order valence-electron chi connectivity index (χ3n) is 3.85. The third kappa shape index (κ3) is 2.61. The number of hydrogen-bond acceptors (Lipinski definition) is 3. The van der Waals surface area contributed by atoms with E-state index in [-0.39, 0.29) is 17.5 Å². The molecular weight excluding hydrogens is 269 g/mol. The van der Waals surface area contributed by atoms with Gasteiger partial charge in [0.1, 0.15) is 0 Å². The van der Waals surface area contributed by atoms with Crippen molar-refractivity contribution < 1.29 is 13.9 Å². The van der Waals surface area contributed by atoms with E-state index in [1.54, 1.807) is 6.07 Å². The van der Waals surface area contributed by atoms with Crippen molar-refractivity contribution in [3.05, 3.63) is 59.4 Å². The average molecular weight is 285 g/mol. The van der Waals surface area contributed by atoms with Gasteiger partial charge in [0.2, 0.25) is 0 Å². The number of anilines is 1. The molecule has 1 aliphatic rings. The summed E-state index contributed by atoms with van der Waals surface area (Å²) in [4.78, 5) is 12.3. The van der Waals surface area contributed by atoms with Gasteiger partial charge in [0, 0.05) is 30.1 Å². The molecule has 2 aromatic carbocycles. The first-order chi connectivity index (χ1) is 10.2. The Morgan fingerprint density at radius 3 is 2.90 bits per heavy atom. The Morgan fingerprint density at radius 2 is 2.14 bits per heavy atom. The Labute approximate surface area is 122 Å². The van der Waals surface area contributed by atoms with Crippen LogP contribution in [-0.2, 0) is 0 Å². The molecule has 0 bridgehead atoms. The summed E-state index contributed by atoms with van der Waals surface area (Å²) in [5, 5.41) is 3.29. The predicted molar refractivity (Wildman–Crippen MR) is 79.6 cm³/mol. The molecule has 1 unspecified atom stereocenters. The highest BCUT2D eigenvalue weighted by molar-refractivity contribution is 5.97. The van der Waals surface area contributed by atoms with E-state index in [1.807, 2.05) is 24.3 Å². The van der Waals surface area contributed by atoms with Crippen molar-refractivity contribution in [3.63, 3.8) is 0 Å². The highest BCUT2D eigenvalue weighted by atomic mass is 19.1. The molecule has 4 heteroatoms. The minimum absolute atomic E-state index is 0.0555. The Hall–Kier alpha value is -2.36. The number of halogens is 1. The first-order valence-electron chi connectivity index (χ1n) is 6.88. The topological polar surface area (TPSA) is 38.3 Å². The normalized spacial score (nSPS) is 16.2. The summed E-state index contributed by atoms with van der Waals surface area (Å²) < 4.78 is 18.5. The lowest BCUT2D eigenvalue weighted by Crippen LogP contribution is -2.10. The summed E-state index contributed by atoms with van der Waals surface area (Å²) >= 11 is 0. The van der Waals surface area contributed by atoms with Gasteiger partial charge in [-0.1, -0.05) is 18.2 Å². The highest BCUT2D eigenvalue weighted by Gasteiger charge is 2.24. The summed E-state index contributed by atoms with van der Waals surface area (Å²) in [5.41, 5.74) is 2.62. The minimum Gasteiger partial charge on any atom is -0.494 e. The van der Waals surface area contributed by atoms with Crippen molar-refractivity contribution in [3.8, 4) is 5.75 Å². The van der Waals surface area contributed by atoms with E-state index in [1.165, 1.54) is 19.2 Å². The van der Waals surface area contributed by atoms with Crippen molar-refractivity contribution >= 4 is 11.5 Å². The molecular formula is C17H16FNO2. The van der Waals surface area contributed by atoms with Crippen LogP contribution in [0.1, 0.15) is 28.3 Å². The summed E-state index contributed by atoms with van der Waals surface area (Å²) in [6.07, 6.45) is 0.371. The van der Waals surface area contributed by atoms with Gasteiger partial charge in [0.25, 0.3) is 0 Å². The van der Waals surface area contributed by atoms with Gasteiger partial charge in [-0.05, 0) is 29.8 Å². The first kappa shape index (κ1) is 13.6.